The Balaban J connectivity index is 2.47. The molecular weight excluding hydrogens is 246 g/mol. The van der Waals surface area contributed by atoms with Gasteiger partial charge >= 0.3 is 0 Å². The van der Waals surface area contributed by atoms with Crippen molar-refractivity contribution in [2.45, 2.75) is 18.2 Å². The molecule has 0 saturated carbocycles. The highest BCUT2D eigenvalue weighted by Crippen LogP contribution is 2.32. The fourth-order valence-corrected chi connectivity index (χ4v) is 2.77. The Morgan fingerprint density at radius 3 is 2.94 bits per heavy atom. The number of hydrogen-bond acceptors (Lipinski definition) is 4. The van der Waals surface area contributed by atoms with E-state index in [0.717, 1.165) is 33.4 Å². The summed E-state index contributed by atoms with van der Waals surface area (Å²) in [5.41, 5.74) is 0.933. The van der Waals surface area contributed by atoms with E-state index in [-0.39, 0.29) is 0 Å². The molecule has 0 aliphatic heterocycles. The van der Waals surface area contributed by atoms with Crippen molar-refractivity contribution in [3.63, 3.8) is 0 Å². The lowest BCUT2D eigenvalue weighted by Gasteiger charge is -2.09. The molecule has 0 aliphatic carbocycles. The first kappa shape index (κ1) is 12.9. The van der Waals surface area contributed by atoms with Crippen LogP contribution in [0, 0.1) is 6.92 Å². The topological polar surface area (TPSA) is 39.2 Å². The largest absolute Gasteiger partial charge is 0.481 e. The molecule has 0 amide bonds. The fourth-order valence-electron chi connectivity index (χ4n) is 1.84. The highest BCUT2D eigenvalue weighted by Gasteiger charge is 2.08. The van der Waals surface area contributed by atoms with Crippen LogP contribution in [0.25, 0.3) is 10.8 Å². The smallest absolute Gasteiger partial charge is 0.221 e. The molecule has 0 bridgehead atoms. The van der Waals surface area contributed by atoms with Gasteiger partial charge in [-0.25, -0.2) is 4.98 Å². The maximum absolute atomic E-state index is 10.4. The zero-order valence-corrected chi connectivity index (χ0v) is 11.3. The van der Waals surface area contributed by atoms with Gasteiger partial charge in [0, 0.05) is 33.5 Å². The highest BCUT2D eigenvalue weighted by atomic mass is 32.2. The van der Waals surface area contributed by atoms with E-state index >= 15 is 0 Å². The van der Waals surface area contributed by atoms with E-state index in [1.807, 2.05) is 19.1 Å². The minimum absolute atomic E-state index is 0.572. The third-order valence-electron chi connectivity index (χ3n) is 2.61. The summed E-state index contributed by atoms with van der Waals surface area (Å²) in [4.78, 5) is 15.9. The third kappa shape index (κ3) is 2.64. The second-order valence-electron chi connectivity index (χ2n) is 3.93. The molecule has 0 saturated heterocycles. The monoisotopic (exact) mass is 261 g/mol. The Hall–Kier alpha value is -1.55. The molecule has 2 rings (SSSR count). The number of carbonyl (C=O) groups excluding carboxylic acids is 1. The maximum atomic E-state index is 10.4. The molecule has 0 radical (unpaired) electrons. The fraction of sp³-hybridized carbons (Fsp3) is 0.286. The van der Waals surface area contributed by atoms with Gasteiger partial charge in [-0.1, -0.05) is 6.07 Å². The van der Waals surface area contributed by atoms with Gasteiger partial charge in [0.25, 0.3) is 0 Å². The SMILES string of the molecule is COc1nc(C)cc2c(SCCC=O)cccc12. The zero-order valence-electron chi connectivity index (χ0n) is 10.5. The van der Waals surface area contributed by atoms with Crippen molar-refractivity contribution < 1.29 is 9.53 Å². The van der Waals surface area contributed by atoms with Crippen molar-refractivity contribution in [1.29, 1.82) is 0 Å². The lowest BCUT2D eigenvalue weighted by atomic mass is 10.1. The second kappa shape index (κ2) is 5.87. The van der Waals surface area contributed by atoms with Gasteiger partial charge in [0.1, 0.15) is 6.29 Å². The molecule has 4 heteroatoms. The Kier molecular flexibility index (Phi) is 4.20. The minimum atomic E-state index is 0.572. The van der Waals surface area contributed by atoms with E-state index in [4.69, 9.17) is 4.74 Å². The van der Waals surface area contributed by atoms with Crippen LogP contribution in [-0.2, 0) is 4.79 Å². The molecule has 1 heterocycles. The Morgan fingerprint density at radius 1 is 1.39 bits per heavy atom. The molecule has 3 nitrogen and oxygen atoms in total. The van der Waals surface area contributed by atoms with Crippen molar-refractivity contribution in [1.82, 2.24) is 4.98 Å². The number of aromatic nitrogens is 1. The third-order valence-corrected chi connectivity index (χ3v) is 3.72. The molecule has 18 heavy (non-hydrogen) atoms. The number of aryl methyl sites for hydroxylation is 1. The molecule has 94 valence electrons. The van der Waals surface area contributed by atoms with E-state index < -0.39 is 0 Å². The van der Waals surface area contributed by atoms with E-state index in [0.29, 0.717) is 12.3 Å². The van der Waals surface area contributed by atoms with E-state index in [2.05, 4.69) is 17.1 Å². The van der Waals surface area contributed by atoms with Crippen molar-refractivity contribution in [2.75, 3.05) is 12.9 Å². The van der Waals surface area contributed by atoms with Crippen LogP contribution in [0.4, 0.5) is 0 Å². The van der Waals surface area contributed by atoms with Gasteiger partial charge in [0.2, 0.25) is 5.88 Å². The molecule has 1 aromatic heterocycles. The van der Waals surface area contributed by atoms with Gasteiger partial charge in [-0.05, 0) is 25.1 Å². The first-order chi connectivity index (χ1) is 8.76. The van der Waals surface area contributed by atoms with Crippen molar-refractivity contribution in [2.24, 2.45) is 0 Å². The average molecular weight is 261 g/mol. The Labute approximate surface area is 111 Å². The number of aldehydes is 1. The van der Waals surface area contributed by atoms with Crippen LogP contribution in [0.15, 0.2) is 29.2 Å². The summed E-state index contributed by atoms with van der Waals surface area (Å²) in [5.74, 6) is 1.45. The number of methoxy groups -OCH3 is 1. The second-order valence-corrected chi connectivity index (χ2v) is 5.06. The highest BCUT2D eigenvalue weighted by molar-refractivity contribution is 7.99. The molecule has 0 unspecified atom stereocenters. The van der Waals surface area contributed by atoms with Crippen molar-refractivity contribution in [3.05, 3.63) is 30.0 Å². The van der Waals surface area contributed by atoms with Crippen LogP contribution in [0.1, 0.15) is 12.1 Å². The first-order valence-corrected chi connectivity index (χ1v) is 6.75. The lowest BCUT2D eigenvalue weighted by Crippen LogP contribution is -1.93. The average Bonchev–Trinajstić information content (AvgIpc) is 2.38. The summed E-state index contributed by atoms with van der Waals surface area (Å²) < 4.78 is 5.31. The number of carbonyl (C=O) groups is 1. The summed E-state index contributed by atoms with van der Waals surface area (Å²) in [6, 6.07) is 8.12. The maximum Gasteiger partial charge on any atom is 0.221 e. The van der Waals surface area contributed by atoms with Gasteiger partial charge < -0.3 is 9.53 Å². The van der Waals surface area contributed by atoms with E-state index in [1.54, 1.807) is 18.9 Å². The number of fused-ring (bicyclic) bond motifs is 1. The van der Waals surface area contributed by atoms with E-state index in [1.165, 1.54) is 0 Å². The van der Waals surface area contributed by atoms with Gasteiger partial charge in [0.15, 0.2) is 0 Å². The number of rotatable bonds is 5. The number of benzene rings is 1. The predicted octanol–water partition coefficient (Wildman–Crippen LogP) is 3.23. The molecule has 0 fully saturated rings. The van der Waals surface area contributed by atoms with Gasteiger partial charge in [-0.3, -0.25) is 0 Å². The summed E-state index contributed by atoms with van der Waals surface area (Å²) in [6.07, 6.45) is 1.52. The standard InChI is InChI=1S/C14H15NO2S/c1-10-9-12-11(14(15-10)17-2)5-3-6-13(12)18-8-4-7-16/h3,5-7,9H,4,8H2,1-2H3. The van der Waals surface area contributed by atoms with Gasteiger partial charge in [-0.15, -0.1) is 11.8 Å². The Morgan fingerprint density at radius 2 is 2.22 bits per heavy atom. The van der Waals surface area contributed by atoms with Crippen LogP contribution in [0.5, 0.6) is 5.88 Å². The summed E-state index contributed by atoms with van der Waals surface area (Å²) in [5, 5.41) is 2.15. The number of nitrogens with zero attached hydrogens (tertiary/aromatic N) is 1. The van der Waals surface area contributed by atoms with Gasteiger partial charge in [-0.2, -0.15) is 0 Å². The first-order valence-electron chi connectivity index (χ1n) is 5.77. The number of thioether (sulfide) groups is 1. The van der Waals surface area contributed by atoms with Crippen LogP contribution in [0.2, 0.25) is 0 Å². The molecule has 1 aromatic carbocycles. The van der Waals surface area contributed by atoms with E-state index in [9.17, 15) is 4.79 Å². The summed E-state index contributed by atoms with van der Waals surface area (Å²) in [7, 11) is 1.63. The number of pyridine rings is 1. The number of ether oxygens (including phenoxy) is 1. The lowest BCUT2D eigenvalue weighted by molar-refractivity contribution is -0.107. The van der Waals surface area contributed by atoms with Crippen LogP contribution in [-0.4, -0.2) is 24.1 Å². The zero-order chi connectivity index (χ0) is 13.0. The molecule has 0 N–H and O–H groups in total. The normalized spacial score (nSPS) is 10.6. The quantitative estimate of drug-likeness (QED) is 0.470. The van der Waals surface area contributed by atoms with Crippen LogP contribution in [0.3, 0.4) is 0 Å². The minimum Gasteiger partial charge on any atom is -0.481 e. The van der Waals surface area contributed by atoms with Crippen molar-refractivity contribution >= 4 is 28.8 Å². The van der Waals surface area contributed by atoms with Crippen LogP contribution >= 0.6 is 11.8 Å². The predicted molar refractivity (Wildman–Crippen MR) is 74.4 cm³/mol. The van der Waals surface area contributed by atoms with Crippen molar-refractivity contribution in [3.8, 4) is 5.88 Å². The number of hydrogen-bond donors (Lipinski definition) is 0. The molecule has 0 atom stereocenters. The molecule has 2 aromatic rings. The van der Waals surface area contributed by atoms with Gasteiger partial charge in [0.05, 0.1) is 7.11 Å². The summed E-state index contributed by atoms with van der Waals surface area (Å²) in [6.45, 7) is 1.95. The molecular formula is C14H15NO2S. The Bertz CT molecular complexity index is 569. The molecule has 0 spiro atoms. The summed E-state index contributed by atoms with van der Waals surface area (Å²) >= 11 is 1.69. The van der Waals surface area contributed by atoms with Crippen LogP contribution < -0.4 is 4.74 Å². The molecule has 0 aliphatic rings.